The highest BCUT2D eigenvalue weighted by Crippen LogP contribution is 2.43. The van der Waals surface area contributed by atoms with Crippen LogP contribution >= 0.6 is 0 Å². The van der Waals surface area contributed by atoms with Crippen molar-refractivity contribution in [3.8, 4) is 5.75 Å². The Morgan fingerprint density at radius 2 is 1.66 bits per heavy atom. The summed E-state index contributed by atoms with van der Waals surface area (Å²) in [5.74, 6) is 0.0615. The van der Waals surface area contributed by atoms with E-state index in [-0.39, 0.29) is 18.5 Å². The largest absolute Gasteiger partial charge is 0.493 e. The van der Waals surface area contributed by atoms with Crippen LogP contribution in [0.2, 0.25) is 0 Å². The first-order chi connectivity index (χ1) is 15.4. The lowest BCUT2D eigenvalue weighted by Gasteiger charge is -2.30. The average molecular weight is 451 g/mol. The smallest absolute Gasteiger partial charge is 0.409 e. The van der Waals surface area contributed by atoms with Gasteiger partial charge in [0.15, 0.2) is 6.04 Å². The second kappa shape index (κ2) is 11.5. The summed E-state index contributed by atoms with van der Waals surface area (Å²) in [5.41, 5.74) is 2.46. The quantitative estimate of drug-likeness (QED) is 0.366. The second-order valence-corrected chi connectivity index (χ2v) is 8.45. The Kier molecular flexibility index (Phi) is 8.79. The van der Waals surface area contributed by atoms with Gasteiger partial charge in [-0.05, 0) is 23.4 Å². The minimum absolute atomic E-state index is 0.0146. The van der Waals surface area contributed by atoms with Crippen LogP contribution in [-0.2, 0) is 4.79 Å². The number of carbonyl (C=O) groups is 1. The van der Waals surface area contributed by atoms with Crippen molar-refractivity contribution in [2.24, 2.45) is 0 Å². The molecule has 1 fully saturated rings. The van der Waals surface area contributed by atoms with E-state index in [9.17, 15) is 18.0 Å². The maximum Gasteiger partial charge on any atom is 0.409 e. The number of fused-ring (bicyclic) bond motifs is 1. The van der Waals surface area contributed by atoms with Gasteiger partial charge in [0.25, 0.3) is 0 Å². The van der Waals surface area contributed by atoms with Crippen molar-refractivity contribution in [2.45, 2.75) is 76.9 Å². The monoisotopic (exact) mass is 450 g/mol. The number of nitrogens with one attached hydrogen (secondary N) is 1. The molecule has 4 nitrogen and oxygen atoms in total. The fourth-order valence-corrected chi connectivity index (χ4v) is 4.31. The molecule has 0 radical (unpaired) electrons. The molecule has 2 aromatic rings. The Morgan fingerprint density at radius 1 is 1.00 bits per heavy atom. The van der Waals surface area contributed by atoms with Crippen molar-refractivity contribution in [2.75, 3.05) is 13.2 Å². The molecule has 0 aromatic heterocycles. The van der Waals surface area contributed by atoms with E-state index < -0.39 is 18.1 Å². The summed E-state index contributed by atoms with van der Waals surface area (Å²) < 4.78 is 48.3. The topological polar surface area (TPSA) is 41.6 Å². The highest BCUT2D eigenvalue weighted by atomic mass is 19.4. The van der Waals surface area contributed by atoms with Crippen molar-refractivity contribution in [3.05, 3.63) is 42.0 Å². The third-order valence-electron chi connectivity index (χ3n) is 5.92. The summed E-state index contributed by atoms with van der Waals surface area (Å²) >= 11 is 0. The van der Waals surface area contributed by atoms with E-state index in [1.165, 1.54) is 38.2 Å². The zero-order chi connectivity index (χ0) is 23.0. The van der Waals surface area contributed by atoms with Gasteiger partial charge in [0.05, 0.1) is 6.61 Å². The maximum absolute atomic E-state index is 14.1. The number of nitrogens with zero attached hydrogens (tertiary/aromatic N) is 1. The number of rotatable bonds is 12. The summed E-state index contributed by atoms with van der Waals surface area (Å²) in [6, 6.07) is 8.29. The summed E-state index contributed by atoms with van der Waals surface area (Å²) in [6.07, 6.45) is 4.86. The van der Waals surface area contributed by atoms with Crippen LogP contribution in [0.4, 0.5) is 13.2 Å². The van der Waals surface area contributed by atoms with Gasteiger partial charge in [-0.2, -0.15) is 13.2 Å². The Bertz CT molecular complexity index is 880. The number of halogens is 3. The molecule has 3 rings (SSSR count). The Labute approximate surface area is 188 Å². The SMILES string of the molecule is CCCCCCCCCCOc1cccc2cccc(C(N3CCC(=O)N3)C(F)(F)F)c12. The molecule has 1 atom stereocenters. The Hall–Kier alpha value is -2.28. The van der Waals surface area contributed by atoms with Gasteiger partial charge in [-0.25, -0.2) is 5.01 Å². The molecule has 1 amide bonds. The van der Waals surface area contributed by atoms with E-state index in [1.807, 2.05) is 0 Å². The second-order valence-electron chi connectivity index (χ2n) is 8.45. The van der Waals surface area contributed by atoms with Crippen LogP contribution in [0, 0.1) is 0 Å². The molecule has 1 N–H and O–H groups in total. The van der Waals surface area contributed by atoms with Crippen molar-refractivity contribution in [3.63, 3.8) is 0 Å². The number of benzene rings is 2. The molecule has 0 bridgehead atoms. The lowest BCUT2D eigenvalue weighted by Crippen LogP contribution is -2.43. The molecule has 1 aliphatic heterocycles. The molecular formula is C25H33F3N2O2. The third-order valence-corrected chi connectivity index (χ3v) is 5.92. The molecule has 0 spiro atoms. The summed E-state index contributed by atoms with van der Waals surface area (Å²) in [7, 11) is 0. The molecular weight excluding hydrogens is 417 g/mol. The summed E-state index contributed by atoms with van der Waals surface area (Å²) in [6.45, 7) is 2.69. The molecule has 0 aliphatic carbocycles. The van der Waals surface area contributed by atoms with Crippen LogP contribution < -0.4 is 10.2 Å². The van der Waals surface area contributed by atoms with E-state index in [0.29, 0.717) is 23.1 Å². The Morgan fingerprint density at radius 3 is 2.28 bits per heavy atom. The number of carbonyl (C=O) groups excluding carboxylic acids is 1. The van der Waals surface area contributed by atoms with Crippen LogP contribution in [0.25, 0.3) is 10.8 Å². The van der Waals surface area contributed by atoms with Crippen LogP contribution in [0.1, 0.15) is 76.3 Å². The zero-order valence-electron chi connectivity index (χ0n) is 18.7. The molecule has 1 heterocycles. The molecule has 2 aromatic carbocycles. The van der Waals surface area contributed by atoms with Crippen molar-refractivity contribution in [1.29, 1.82) is 0 Å². The number of hydrogen-bond acceptors (Lipinski definition) is 3. The maximum atomic E-state index is 14.1. The van der Waals surface area contributed by atoms with E-state index in [0.717, 1.165) is 24.3 Å². The first-order valence-corrected chi connectivity index (χ1v) is 11.7. The van der Waals surface area contributed by atoms with Gasteiger partial charge in [0, 0.05) is 18.4 Å². The van der Waals surface area contributed by atoms with E-state index in [1.54, 1.807) is 30.3 Å². The number of hydrogen-bond donors (Lipinski definition) is 1. The zero-order valence-corrected chi connectivity index (χ0v) is 18.7. The van der Waals surface area contributed by atoms with E-state index in [2.05, 4.69) is 12.3 Å². The predicted molar refractivity (Wildman–Crippen MR) is 120 cm³/mol. The van der Waals surface area contributed by atoms with Crippen molar-refractivity contribution >= 4 is 16.7 Å². The number of unbranched alkanes of at least 4 members (excludes halogenated alkanes) is 7. The minimum atomic E-state index is -4.54. The van der Waals surface area contributed by atoms with E-state index in [4.69, 9.17) is 4.74 Å². The fraction of sp³-hybridized carbons (Fsp3) is 0.560. The van der Waals surface area contributed by atoms with Crippen LogP contribution in [0.3, 0.4) is 0 Å². The number of hydrazine groups is 1. The van der Waals surface area contributed by atoms with Crippen LogP contribution in [0.15, 0.2) is 36.4 Å². The lowest BCUT2D eigenvalue weighted by molar-refractivity contribution is -0.190. The number of alkyl halides is 3. The van der Waals surface area contributed by atoms with Gasteiger partial charge in [-0.15, -0.1) is 0 Å². The standard InChI is InChI=1S/C25H33F3N2O2/c1-2-3-4-5-6-7-8-9-18-32-21-15-11-13-19-12-10-14-20(23(19)21)24(25(26,27)28)30-17-16-22(31)29-30/h10-15,24H,2-9,16-18H2,1H3,(H,29,31). The molecule has 176 valence electrons. The normalized spacial score (nSPS) is 15.8. The van der Waals surface area contributed by atoms with Gasteiger partial charge >= 0.3 is 6.18 Å². The van der Waals surface area contributed by atoms with E-state index >= 15 is 0 Å². The number of amides is 1. The van der Waals surface area contributed by atoms with Crippen molar-refractivity contribution in [1.82, 2.24) is 10.4 Å². The van der Waals surface area contributed by atoms with Crippen LogP contribution in [-0.4, -0.2) is 30.2 Å². The predicted octanol–water partition coefficient (Wildman–Crippen LogP) is 6.70. The first kappa shape index (κ1) is 24.4. The fourth-order valence-electron chi connectivity index (χ4n) is 4.31. The Balaban J connectivity index is 1.72. The molecule has 7 heteroatoms. The highest BCUT2D eigenvalue weighted by molar-refractivity contribution is 5.92. The summed E-state index contributed by atoms with van der Waals surface area (Å²) in [5, 5.41) is 2.14. The first-order valence-electron chi connectivity index (χ1n) is 11.7. The lowest BCUT2D eigenvalue weighted by atomic mass is 9.97. The third kappa shape index (κ3) is 6.37. The van der Waals surface area contributed by atoms with Gasteiger partial charge in [0.1, 0.15) is 5.75 Å². The molecule has 1 aliphatic rings. The summed E-state index contributed by atoms with van der Waals surface area (Å²) in [4.78, 5) is 11.6. The average Bonchev–Trinajstić information content (AvgIpc) is 3.17. The van der Waals surface area contributed by atoms with Gasteiger partial charge in [-0.3, -0.25) is 10.2 Å². The molecule has 1 unspecified atom stereocenters. The van der Waals surface area contributed by atoms with Crippen LogP contribution in [0.5, 0.6) is 5.75 Å². The minimum Gasteiger partial charge on any atom is -0.493 e. The number of ether oxygens (including phenoxy) is 1. The molecule has 32 heavy (non-hydrogen) atoms. The van der Waals surface area contributed by atoms with Gasteiger partial charge in [-0.1, -0.05) is 82.2 Å². The highest BCUT2D eigenvalue weighted by Gasteiger charge is 2.47. The van der Waals surface area contributed by atoms with Crippen molar-refractivity contribution < 1.29 is 22.7 Å². The molecule has 0 saturated carbocycles. The molecule has 1 saturated heterocycles. The van der Waals surface area contributed by atoms with Gasteiger partial charge in [0.2, 0.25) is 5.91 Å². The van der Waals surface area contributed by atoms with Gasteiger partial charge < -0.3 is 4.74 Å².